The minimum absolute atomic E-state index is 0.635. The molecule has 0 aromatic heterocycles. The monoisotopic (exact) mass is 188 g/mol. The number of hydrogen-bond donors (Lipinski definition) is 0. The zero-order valence-corrected chi connectivity index (χ0v) is 8.79. The van der Waals surface area contributed by atoms with Crippen LogP contribution in [0.3, 0.4) is 0 Å². The van der Waals surface area contributed by atoms with E-state index in [1.807, 2.05) is 27.7 Å². The molecule has 0 saturated heterocycles. The van der Waals surface area contributed by atoms with E-state index in [4.69, 9.17) is 0 Å². The molecule has 2 rings (SSSR count). The molecule has 0 spiro atoms. The molecule has 2 aliphatic heterocycles. The van der Waals surface area contributed by atoms with E-state index in [2.05, 4.69) is 20.0 Å². The molecule has 14 heavy (non-hydrogen) atoms. The fraction of sp³-hybridized carbons (Fsp3) is 0.400. The molecule has 0 bridgehead atoms. The van der Waals surface area contributed by atoms with Crippen molar-refractivity contribution in [3.05, 3.63) is 11.6 Å². The number of aliphatic imine (C=N–C) groups is 4. The van der Waals surface area contributed by atoms with Gasteiger partial charge in [-0.15, -0.1) is 0 Å². The predicted octanol–water partition coefficient (Wildman–Crippen LogP) is 1.98. The molecular formula is C10H12N4. The van der Waals surface area contributed by atoms with E-state index < -0.39 is 0 Å². The molecule has 0 amide bonds. The van der Waals surface area contributed by atoms with E-state index >= 15 is 0 Å². The summed E-state index contributed by atoms with van der Waals surface area (Å²) in [6.07, 6.45) is 0. The van der Waals surface area contributed by atoms with Crippen molar-refractivity contribution in [1.82, 2.24) is 0 Å². The van der Waals surface area contributed by atoms with Crippen LogP contribution < -0.4 is 0 Å². The van der Waals surface area contributed by atoms with E-state index in [-0.39, 0.29) is 0 Å². The summed E-state index contributed by atoms with van der Waals surface area (Å²) < 4.78 is 0. The van der Waals surface area contributed by atoms with E-state index in [0.29, 0.717) is 11.6 Å². The summed E-state index contributed by atoms with van der Waals surface area (Å²) in [6.45, 7) is 7.76. The van der Waals surface area contributed by atoms with Gasteiger partial charge in [0.05, 0.1) is 22.8 Å². The Balaban J connectivity index is 2.49. The van der Waals surface area contributed by atoms with Crippen LogP contribution in [0.25, 0.3) is 0 Å². The molecule has 4 heteroatoms. The topological polar surface area (TPSA) is 49.4 Å². The minimum Gasteiger partial charge on any atom is -0.229 e. The fourth-order valence-electron chi connectivity index (χ4n) is 1.21. The highest BCUT2D eigenvalue weighted by Crippen LogP contribution is 2.20. The highest BCUT2D eigenvalue weighted by Gasteiger charge is 2.17. The lowest BCUT2D eigenvalue weighted by Crippen LogP contribution is -1.98. The minimum atomic E-state index is 0.635. The lowest BCUT2D eigenvalue weighted by Gasteiger charge is -1.89. The Bertz CT molecular complexity index is 365. The summed E-state index contributed by atoms with van der Waals surface area (Å²) in [5.74, 6) is 1.27. The van der Waals surface area contributed by atoms with Gasteiger partial charge in [0.15, 0.2) is 11.6 Å². The van der Waals surface area contributed by atoms with Crippen LogP contribution in [0, 0.1) is 0 Å². The van der Waals surface area contributed by atoms with E-state index in [1.165, 1.54) is 0 Å². The van der Waals surface area contributed by atoms with E-state index in [1.54, 1.807) is 0 Å². The maximum atomic E-state index is 4.30. The summed E-state index contributed by atoms with van der Waals surface area (Å²) in [5.41, 5.74) is 3.78. The summed E-state index contributed by atoms with van der Waals surface area (Å²) in [6, 6.07) is 0. The third kappa shape index (κ3) is 1.32. The molecule has 0 atom stereocenters. The molecule has 0 unspecified atom stereocenters. The van der Waals surface area contributed by atoms with E-state index in [0.717, 1.165) is 22.8 Å². The molecule has 0 N–H and O–H groups in total. The van der Waals surface area contributed by atoms with Crippen molar-refractivity contribution in [3.8, 4) is 0 Å². The van der Waals surface area contributed by atoms with Crippen molar-refractivity contribution in [2.75, 3.05) is 0 Å². The lowest BCUT2D eigenvalue weighted by atomic mass is 10.3. The second kappa shape index (κ2) is 2.97. The first kappa shape index (κ1) is 8.99. The van der Waals surface area contributed by atoms with Crippen LogP contribution in [0.15, 0.2) is 31.6 Å². The summed E-state index contributed by atoms with van der Waals surface area (Å²) in [4.78, 5) is 17.2. The molecule has 0 aromatic rings. The van der Waals surface area contributed by atoms with Gasteiger partial charge in [-0.2, -0.15) is 0 Å². The molecule has 72 valence electrons. The molecule has 2 aliphatic rings. The maximum absolute atomic E-state index is 4.30. The Hall–Kier alpha value is -1.58. The van der Waals surface area contributed by atoms with Crippen LogP contribution in [0.4, 0.5) is 0 Å². The summed E-state index contributed by atoms with van der Waals surface area (Å²) >= 11 is 0. The molecule has 0 aliphatic carbocycles. The largest absolute Gasteiger partial charge is 0.229 e. The SMILES string of the molecule is CC1=NC(=C2N=C(C)C(C)=N2)N=C1C. The van der Waals surface area contributed by atoms with Crippen molar-refractivity contribution in [2.45, 2.75) is 27.7 Å². The van der Waals surface area contributed by atoms with Gasteiger partial charge in [-0.25, -0.2) is 20.0 Å². The van der Waals surface area contributed by atoms with Gasteiger partial charge in [0.2, 0.25) is 0 Å². The quantitative estimate of drug-likeness (QED) is 0.558. The first-order valence-corrected chi connectivity index (χ1v) is 4.54. The smallest absolute Gasteiger partial charge is 0.198 e. The first-order chi connectivity index (χ1) is 6.58. The van der Waals surface area contributed by atoms with E-state index in [9.17, 15) is 0 Å². The van der Waals surface area contributed by atoms with Crippen LogP contribution in [-0.4, -0.2) is 22.8 Å². The van der Waals surface area contributed by atoms with Crippen molar-refractivity contribution in [2.24, 2.45) is 20.0 Å². The Morgan fingerprint density at radius 3 is 0.929 bits per heavy atom. The predicted molar refractivity (Wildman–Crippen MR) is 59.5 cm³/mol. The maximum Gasteiger partial charge on any atom is 0.198 e. The van der Waals surface area contributed by atoms with Gasteiger partial charge < -0.3 is 0 Å². The highest BCUT2D eigenvalue weighted by molar-refractivity contribution is 6.43. The fourth-order valence-corrected chi connectivity index (χ4v) is 1.21. The number of hydrogen-bond acceptors (Lipinski definition) is 4. The van der Waals surface area contributed by atoms with Crippen LogP contribution >= 0.6 is 0 Å². The van der Waals surface area contributed by atoms with Crippen LogP contribution in [0.2, 0.25) is 0 Å². The third-order valence-electron chi connectivity index (χ3n) is 2.34. The molecule has 0 fully saturated rings. The average Bonchev–Trinajstić information content (AvgIpc) is 2.60. The lowest BCUT2D eigenvalue weighted by molar-refractivity contribution is 1.12. The molecule has 0 aromatic carbocycles. The van der Waals surface area contributed by atoms with Gasteiger partial charge in [-0.1, -0.05) is 0 Å². The molecule has 2 heterocycles. The second-order valence-corrected chi connectivity index (χ2v) is 3.44. The number of nitrogens with zero attached hydrogens (tertiary/aromatic N) is 4. The van der Waals surface area contributed by atoms with Gasteiger partial charge in [0.25, 0.3) is 0 Å². The Labute approximate surface area is 82.9 Å². The molecular weight excluding hydrogens is 176 g/mol. The Morgan fingerprint density at radius 2 is 0.714 bits per heavy atom. The van der Waals surface area contributed by atoms with Crippen LogP contribution in [0.1, 0.15) is 27.7 Å². The normalized spacial score (nSPS) is 20.9. The zero-order chi connectivity index (χ0) is 10.3. The van der Waals surface area contributed by atoms with Gasteiger partial charge >= 0.3 is 0 Å². The Kier molecular flexibility index (Phi) is 1.91. The van der Waals surface area contributed by atoms with Crippen molar-refractivity contribution in [3.63, 3.8) is 0 Å². The van der Waals surface area contributed by atoms with Gasteiger partial charge in [-0.3, -0.25) is 0 Å². The average molecular weight is 188 g/mol. The van der Waals surface area contributed by atoms with Crippen LogP contribution in [-0.2, 0) is 0 Å². The first-order valence-electron chi connectivity index (χ1n) is 4.54. The molecule has 0 radical (unpaired) electrons. The third-order valence-corrected chi connectivity index (χ3v) is 2.34. The van der Waals surface area contributed by atoms with Crippen LogP contribution in [0.5, 0.6) is 0 Å². The summed E-state index contributed by atoms with van der Waals surface area (Å²) in [7, 11) is 0. The zero-order valence-electron chi connectivity index (χ0n) is 8.79. The standard InChI is InChI=1S/C10H12N4/c1-5-6(2)12-9(11-5)10-13-7(3)8(4)14-10/h1-4H3. The second-order valence-electron chi connectivity index (χ2n) is 3.44. The van der Waals surface area contributed by atoms with Gasteiger partial charge in [0, 0.05) is 0 Å². The van der Waals surface area contributed by atoms with Crippen molar-refractivity contribution >= 4 is 22.8 Å². The van der Waals surface area contributed by atoms with Gasteiger partial charge in [0.1, 0.15) is 0 Å². The van der Waals surface area contributed by atoms with Crippen molar-refractivity contribution < 1.29 is 0 Å². The number of rotatable bonds is 0. The van der Waals surface area contributed by atoms with Crippen molar-refractivity contribution in [1.29, 1.82) is 0 Å². The highest BCUT2D eigenvalue weighted by atomic mass is 15.1. The molecule has 4 nitrogen and oxygen atoms in total. The Morgan fingerprint density at radius 1 is 0.500 bits per heavy atom. The summed E-state index contributed by atoms with van der Waals surface area (Å²) in [5, 5.41) is 0. The van der Waals surface area contributed by atoms with Gasteiger partial charge in [-0.05, 0) is 27.7 Å². The molecule has 0 saturated carbocycles.